The van der Waals surface area contributed by atoms with E-state index < -0.39 is 29.9 Å². The third-order valence-electron chi connectivity index (χ3n) is 7.03. The molecule has 0 aromatic heterocycles. The van der Waals surface area contributed by atoms with Crippen molar-refractivity contribution in [3.05, 3.63) is 65.2 Å². The normalized spacial score (nSPS) is 18.4. The lowest BCUT2D eigenvalue weighted by Crippen LogP contribution is -2.57. The van der Waals surface area contributed by atoms with Gasteiger partial charge in [0.05, 0.1) is 0 Å². The third kappa shape index (κ3) is 6.74. The quantitative estimate of drug-likeness (QED) is 0.370. The van der Waals surface area contributed by atoms with Crippen LogP contribution in [0.2, 0.25) is 0 Å². The maximum Gasteiger partial charge on any atom is 0.326 e. The number of fused-ring (bicyclic) bond motifs is 1. The van der Waals surface area contributed by atoms with Crippen molar-refractivity contribution in [3.8, 4) is 5.75 Å². The number of piperidine rings is 1. The number of carbonyl (C=O) groups is 4. The van der Waals surface area contributed by atoms with Crippen LogP contribution in [0.15, 0.2) is 48.5 Å². The van der Waals surface area contributed by atoms with E-state index in [4.69, 9.17) is 4.74 Å². The van der Waals surface area contributed by atoms with E-state index >= 15 is 0 Å². The molecule has 0 unspecified atom stereocenters. The molecule has 0 saturated carbocycles. The number of benzene rings is 2. The van der Waals surface area contributed by atoms with Crippen molar-refractivity contribution in [3.63, 3.8) is 0 Å². The van der Waals surface area contributed by atoms with Crippen molar-refractivity contribution in [2.24, 2.45) is 5.92 Å². The van der Waals surface area contributed by atoms with Crippen molar-refractivity contribution in [1.29, 1.82) is 0 Å². The van der Waals surface area contributed by atoms with E-state index in [1.165, 1.54) is 0 Å². The van der Waals surface area contributed by atoms with Crippen molar-refractivity contribution < 1.29 is 29.0 Å². The number of rotatable bonds is 8. The highest BCUT2D eigenvalue weighted by Crippen LogP contribution is 2.27. The topological polar surface area (TPSA) is 125 Å². The predicted octanol–water partition coefficient (Wildman–Crippen LogP) is 2.20. The largest absolute Gasteiger partial charge is 0.480 e. The smallest absolute Gasteiger partial charge is 0.326 e. The number of nitrogens with zero attached hydrogens (tertiary/aromatic N) is 1. The number of aryl methyl sites for hydroxylation is 1. The number of esters is 1. The monoisotopic (exact) mass is 507 g/mol. The Morgan fingerprint density at radius 1 is 1.05 bits per heavy atom. The number of aliphatic carboxylic acids is 1. The number of ether oxygens (including phenoxy) is 1. The lowest BCUT2D eigenvalue weighted by atomic mass is 9.89. The Bertz CT molecular complexity index is 1140. The van der Waals surface area contributed by atoms with Crippen LogP contribution in [-0.2, 0) is 32.1 Å². The summed E-state index contributed by atoms with van der Waals surface area (Å²) in [6, 6.07) is 12.5. The molecular weight excluding hydrogens is 474 g/mol. The molecule has 0 spiro atoms. The first-order valence-corrected chi connectivity index (χ1v) is 12.7. The zero-order valence-electron chi connectivity index (χ0n) is 20.9. The highest BCUT2D eigenvalue weighted by Gasteiger charge is 2.38. The first kappa shape index (κ1) is 26.3. The molecule has 2 heterocycles. The van der Waals surface area contributed by atoms with E-state index in [9.17, 15) is 24.3 Å². The molecular formula is C28H33N3O6. The fraction of sp³-hybridized carbons (Fsp3) is 0.429. The van der Waals surface area contributed by atoms with E-state index in [0.717, 1.165) is 29.8 Å². The van der Waals surface area contributed by atoms with Gasteiger partial charge in [0.15, 0.2) is 0 Å². The summed E-state index contributed by atoms with van der Waals surface area (Å²) >= 11 is 0. The van der Waals surface area contributed by atoms with Crippen LogP contribution >= 0.6 is 0 Å². The first-order valence-electron chi connectivity index (χ1n) is 12.7. The minimum Gasteiger partial charge on any atom is -0.480 e. The molecule has 3 N–H and O–H groups in total. The second-order valence-corrected chi connectivity index (χ2v) is 9.70. The van der Waals surface area contributed by atoms with Gasteiger partial charge >= 0.3 is 11.9 Å². The Morgan fingerprint density at radius 2 is 1.73 bits per heavy atom. The maximum absolute atomic E-state index is 13.4. The summed E-state index contributed by atoms with van der Waals surface area (Å²) in [6.07, 6.45) is 1.40. The summed E-state index contributed by atoms with van der Waals surface area (Å²) in [5, 5.41) is 15.6. The SMILES string of the molecule is Cc1ccc(OC(=O)CC[C@@H](NC(=O)[C@H]2Cc3ccccc3CN2C(=O)C2CCNCC2)C(=O)O)cc1. The highest BCUT2D eigenvalue weighted by atomic mass is 16.5. The molecule has 2 aromatic rings. The summed E-state index contributed by atoms with van der Waals surface area (Å²) in [5.41, 5.74) is 2.97. The van der Waals surface area contributed by atoms with Gasteiger partial charge in [-0.25, -0.2) is 4.79 Å². The van der Waals surface area contributed by atoms with Gasteiger partial charge in [0.2, 0.25) is 11.8 Å². The molecule has 2 amide bonds. The molecule has 0 aliphatic carbocycles. The van der Waals surface area contributed by atoms with Crippen LogP contribution in [0, 0.1) is 12.8 Å². The number of hydrogen-bond acceptors (Lipinski definition) is 6. The number of carboxylic acids is 1. The van der Waals surface area contributed by atoms with E-state index in [0.29, 0.717) is 31.6 Å². The van der Waals surface area contributed by atoms with Crippen LogP contribution < -0.4 is 15.4 Å². The van der Waals surface area contributed by atoms with Crippen LogP contribution in [-0.4, -0.2) is 58.9 Å². The van der Waals surface area contributed by atoms with Gasteiger partial charge in [-0.1, -0.05) is 42.0 Å². The second kappa shape index (κ2) is 12.0. The minimum absolute atomic E-state index is 0.0790. The molecule has 2 atom stereocenters. The van der Waals surface area contributed by atoms with Crippen molar-refractivity contribution >= 4 is 23.8 Å². The van der Waals surface area contributed by atoms with Gasteiger partial charge in [-0.15, -0.1) is 0 Å². The molecule has 2 aromatic carbocycles. The molecule has 0 bridgehead atoms. The molecule has 37 heavy (non-hydrogen) atoms. The second-order valence-electron chi connectivity index (χ2n) is 9.70. The summed E-state index contributed by atoms with van der Waals surface area (Å²) in [4.78, 5) is 52.6. The van der Waals surface area contributed by atoms with Gasteiger partial charge in [0, 0.05) is 25.3 Å². The third-order valence-corrected chi connectivity index (χ3v) is 7.03. The molecule has 9 heteroatoms. The van der Waals surface area contributed by atoms with Crippen LogP contribution in [0.1, 0.15) is 42.4 Å². The van der Waals surface area contributed by atoms with Gasteiger partial charge < -0.3 is 25.4 Å². The molecule has 0 radical (unpaired) electrons. The molecule has 1 saturated heterocycles. The maximum atomic E-state index is 13.4. The van der Waals surface area contributed by atoms with Crippen LogP contribution in [0.5, 0.6) is 5.75 Å². The Hall–Kier alpha value is -3.72. The summed E-state index contributed by atoms with van der Waals surface area (Å²) in [5.74, 6) is -2.24. The van der Waals surface area contributed by atoms with Crippen LogP contribution in [0.4, 0.5) is 0 Å². The molecule has 2 aliphatic rings. The van der Waals surface area contributed by atoms with Crippen molar-refractivity contribution in [2.75, 3.05) is 13.1 Å². The fourth-order valence-corrected chi connectivity index (χ4v) is 4.87. The summed E-state index contributed by atoms with van der Waals surface area (Å²) < 4.78 is 5.27. The minimum atomic E-state index is -1.29. The highest BCUT2D eigenvalue weighted by molar-refractivity contribution is 5.92. The average molecular weight is 508 g/mol. The zero-order chi connectivity index (χ0) is 26.4. The van der Waals surface area contributed by atoms with Gasteiger partial charge in [-0.3, -0.25) is 14.4 Å². The fourth-order valence-electron chi connectivity index (χ4n) is 4.87. The Labute approximate surface area is 216 Å². The summed E-state index contributed by atoms with van der Waals surface area (Å²) in [7, 11) is 0. The van der Waals surface area contributed by atoms with Gasteiger partial charge in [0.25, 0.3) is 0 Å². The van der Waals surface area contributed by atoms with E-state index in [2.05, 4.69) is 10.6 Å². The molecule has 196 valence electrons. The van der Waals surface area contributed by atoms with Gasteiger partial charge in [-0.2, -0.15) is 0 Å². The lowest BCUT2D eigenvalue weighted by molar-refractivity contribution is -0.148. The Morgan fingerprint density at radius 3 is 2.41 bits per heavy atom. The van der Waals surface area contributed by atoms with Gasteiger partial charge in [0.1, 0.15) is 17.8 Å². The summed E-state index contributed by atoms with van der Waals surface area (Å²) in [6.45, 7) is 3.71. The molecule has 9 nitrogen and oxygen atoms in total. The number of carbonyl (C=O) groups excluding carboxylic acids is 3. The van der Waals surface area contributed by atoms with Crippen LogP contribution in [0.3, 0.4) is 0 Å². The Balaban J connectivity index is 1.43. The van der Waals surface area contributed by atoms with E-state index in [1.807, 2.05) is 43.3 Å². The molecule has 2 aliphatic heterocycles. The zero-order valence-corrected chi connectivity index (χ0v) is 20.9. The van der Waals surface area contributed by atoms with Crippen molar-refractivity contribution in [2.45, 2.75) is 57.7 Å². The lowest BCUT2D eigenvalue weighted by Gasteiger charge is -2.39. The average Bonchev–Trinajstić information content (AvgIpc) is 2.91. The van der Waals surface area contributed by atoms with E-state index in [-0.39, 0.29) is 24.7 Å². The molecule has 1 fully saturated rings. The van der Waals surface area contributed by atoms with Crippen molar-refractivity contribution in [1.82, 2.24) is 15.5 Å². The van der Waals surface area contributed by atoms with Crippen LogP contribution in [0.25, 0.3) is 0 Å². The van der Waals surface area contributed by atoms with Gasteiger partial charge in [-0.05, 0) is 62.5 Å². The predicted molar refractivity (Wildman–Crippen MR) is 136 cm³/mol. The Kier molecular flexibility index (Phi) is 8.55. The molecule has 4 rings (SSSR count). The number of carboxylic acid groups (broad SMARTS) is 1. The number of amides is 2. The number of nitrogens with one attached hydrogen (secondary N) is 2. The standard InChI is InChI=1S/C28H33N3O6/c1-18-6-8-22(9-7-18)37-25(32)11-10-23(28(35)36)30-26(33)24-16-20-4-2-3-5-21(20)17-31(24)27(34)19-12-14-29-15-13-19/h2-9,19,23-24,29H,10-17H2,1H3,(H,30,33)(H,35,36)/t23-,24-/m1/s1. The first-order chi connectivity index (χ1) is 17.8. The number of hydrogen-bond donors (Lipinski definition) is 3. The van der Waals surface area contributed by atoms with E-state index in [1.54, 1.807) is 17.0 Å².